The van der Waals surface area contributed by atoms with E-state index in [-0.39, 0.29) is 12.0 Å². The van der Waals surface area contributed by atoms with Crippen molar-refractivity contribution in [2.24, 2.45) is 0 Å². The Bertz CT molecular complexity index is 727. The van der Waals surface area contributed by atoms with Gasteiger partial charge in [-0.25, -0.2) is 4.79 Å². The minimum atomic E-state index is -0.348. The average molecular weight is 306 g/mol. The number of nitrogens with zero attached hydrogens (tertiary/aromatic N) is 2. The van der Waals surface area contributed by atoms with E-state index in [1.807, 2.05) is 36.4 Å². The molecule has 0 saturated heterocycles. The van der Waals surface area contributed by atoms with Gasteiger partial charge in [0.05, 0.1) is 18.4 Å². The summed E-state index contributed by atoms with van der Waals surface area (Å²) in [6.45, 7) is 2.14. The number of hydrogen-bond acceptors (Lipinski definition) is 3. The Morgan fingerprint density at radius 2 is 1.61 bits per heavy atom. The zero-order chi connectivity index (χ0) is 16.1. The number of esters is 1. The van der Waals surface area contributed by atoms with Gasteiger partial charge in [-0.15, -0.1) is 0 Å². The minimum Gasteiger partial charge on any atom is -0.462 e. The fraction of sp³-hybridized carbons (Fsp3) is 0.158. The highest BCUT2D eigenvalue weighted by atomic mass is 16.5. The number of hydrogen-bond donors (Lipinski definition) is 0. The Morgan fingerprint density at radius 1 is 1.04 bits per heavy atom. The van der Waals surface area contributed by atoms with Crippen molar-refractivity contribution >= 4 is 5.97 Å². The molecule has 0 unspecified atom stereocenters. The summed E-state index contributed by atoms with van der Waals surface area (Å²) in [5, 5.41) is 4.39. The third kappa shape index (κ3) is 3.31. The normalized spacial score (nSPS) is 10.7. The van der Waals surface area contributed by atoms with E-state index >= 15 is 0 Å². The second-order valence-electron chi connectivity index (χ2n) is 5.15. The Hall–Kier alpha value is -2.88. The molecule has 0 aliphatic carbocycles. The van der Waals surface area contributed by atoms with Gasteiger partial charge in [-0.05, 0) is 18.1 Å². The van der Waals surface area contributed by atoms with Gasteiger partial charge in [0.25, 0.3) is 0 Å². The summed E-state index contributed by atoms with van der Waals surface area (Å²) < 4.78 is 6.84. The van der Waals surface area contributed by atoms with Crippen LogP contribution in [0.5, 0.6) is 0 Å². The summed E-state index contributed by atoms with van der Waals surface area (Å²) in [5.41, 5.74) is 2.68. The van der Waals surface area contributed by atoms with Crippen molar-refractivity contribution in [2.45, 2.75) is 13.0 Å². The lowest BCUT2D eigenvalue weighted by Crippen LogP contribution is -2.13. The lowest BCUT2D eigenvalue weighted by Gasteiger charge is -2.18. The summed E-state index contributed by atoms with van der Waals surface area (Å²) >= 11 is 0. The smallest absolute Gasteiger partial charge is 0.341 e. The van der Waals surface area contributed by atoms with Crippen LogP contribution in [0.4, 0.5) is 0 Å². The van der Waals surface area contributed by atoms with Crippen LogP contribution in [0.15, 0.2) is 73.1 Å². The van der Waals surface area contributed by atoms with Gasteiger partial charge in [-0.1, -0.05) is 60.7 Å². The zero-order valence-electron chi connectivity index (χ0n) is 12.9. The Balaban J connectivity index is 2.01. The van der Waals surface area contributed by atoms with Gasteiger partial charge in [0.2, 0.25) is 0 Å². The lowest BCUT2D eigenvalue weighted by molar-refractivity contribution is 0.0526. The molecule has 2 aromatic carbocycles. The molecular weight excluding hydrogens is 288 g/mol. The molecule has 1 aromatic heterocycles. The van der Waals surface area contributed by atoms with E-state index in [1.165, 1.54) is 0 Å². The summed E-state index contributed by atoms with van der Waals surface area (Å²) in [5.74, 6) is -0.348. The Morgan fingerprint density at radius 3 is 2.13 bits per heavy atom. The van der Waals surface area contributed by atoms with Crippen molar-refractivity contribution in [1.82, 2.24) is 9.78 Å². The maximum atomic E-state index is 11.9. The number of carbonyl (C=O) groups is 1. The van der Waals surface area contributed by atoms with Gasteiger partial charge in [-0.3, -0.25) is 4.68 Å². The number of rotatable bonds is 5. The highest BCUT2D eigenvalue weighted by Crippen LogP contribution is 2.26. The van der Waals surface area contributed by atoms with E-state index in [0.29, 0.717) is 12.2 Å². The van der Waals surface area contributed by atoms with Gasteiger partial charge < -0.3 is 4.74 Å². The van der Waals surface area contributed by atoms with Crippen LogP contribution in [0.2, 0.25) is 0 Å². The average Bonchev–Trinajstić information content (AvgIpc) is 3.07. The molecule has 0 atom stereocenters. The van der Waals surface area contributed by atoms with Crippen molar-refractivity contribution in [2.75, 3.05) is 6.61 Å². The van der Waals surface area contributed by atoms with Crippen molar-refractivity contribution in [3.63, 3.8) is 0 Å². The molecule has 0 aliphatic heterocycles. The van der Waals surface area contributed by atoms with Crippen LogP contribution in [0, 0.1) is 0 Å². The molecule has 0 N–H and O–H groups in total. The van der Waals surface area contributed by atoms with Gasteiger partial charge >= 0.3 is 5.97 Å². The molecular formula is C19H18N2O2. The topological polar surface area (TPSA) is 44.1 Å². The summed E-state index contributed by atoms with van der Waals surface area (Å²) in [6, 6.07) is 20.1. The predicted octanol–water partition coefficient (Wildman–Crippen LogP) is 3.70. The first-order chi connectivity index (χ1) is 11.3. The first-order valence-electron chi connectivity index (χ1n) is 7.60. The van der Waals surface area contributed by atoms with E-state index in [2.05, 4.69) is 29.4 Å². The largest absolute Gasteiger partial charge is 0.462 e. The SMILES string of the molecule is CCOC(=O)c1cnn(C(c2ccccc2)c2ccccc2)c1. The monoisotopic (exact) mass is 306 g/mol. The van der Waals surface area contributed by atoms with Gasteiger partial charge in [0, 0.05) is 6.20 Å². The van der Waals surface area contributed by atoms with Crippen LogP contribution in [-0.4, -0.2) is 22.4 Å². The Labute approximate surface area is 135 Å². The molecule has 4 nitrogen and oxygen atoms in total. The van der Waals surface area contributed by atoms with E-state index in [1.54, 1.807) is 24.0 Å². The van der Waals surface area contributed by atoms with E-state index in [4.69, 9.17) is 4.74 Å². The lowest BCUT2D eigenvalue weighted by atomic mass is 9.99. The molecule has 0 bridgehead atoms. The molecule has 0 aliphatic rings. The summed E-state index contributed by atoms with van der Waals surface area (Å²) in [7, 11) is 0. The third-order valence-electron chi connectivity index (χ3n) is 3.61. The van der Waals surface area contributed by atoms with Crippen LogP contribution in [0.3, 0.4) is 0 Å². The maximum Gasteiger partial charge on any atom is 0.341 e. The van der Waals surface area contributed by atoms with Crippen molar-refractivity contribution in [3.05, 3.63) is 89.7 Å². The third-order valence-corrected chi connectivity index (χ3v) is 3.61. The van der Waals surface area contributed by atoms with Crippen LogP contribution in [0.25, 0.3) is 0 Å². The molecule has 3 rings (SSSR count). The molecule has 116 valence electrons. The highest BCUT2D eigenvalue weighted by molar-refractivity contribution is 5.88. The molecule has 0 fully saturated rings. The number of ether oxygens (including phenoxy) is 1. The molecule has 3 aromatic rings. The molecule has 23 heavy (non-hydrogen) atoms. The fourth-order valence-electron chi connectivity index (χ4n) is 2.57. The summed E-state index contributed by atoms with van der Waals surface area (Å²) in [4.78, 5) is 11.9. The van der Waals surface area contributed by atoms with Crippen LogP contribution < -0.4 is 0 Å². The molecule has 0 radical (unpaired) electrons. The van der Waals surface area contributed by atoms with Crippen molar-refractivity contribution in [1.29, 1.82) is 0 Å². The van der Waals surface area contributed by atoms with Crippen molar-refractivity contribution in [3.8, 4) is 0 Å². The summed E-state index contributed by atoms with van der Waals surface area (Å²) in [6.07, 6.45) is 3.29. The molecule has 1 heterocycles. The van der Waals surface area contributed by atoms with Gasteiger partial charge in [0.1, 0.15) is 6.04 Å². The Kier molecular flexibility index (Phi) is 4.52. The van der Waals surface area contributed by atoms with E-state index < -0.39 is 0 Å². The van der Waals surface area contributed by atoms with E-state index in [0.717, 1.165) is 11.1 Å². The fourth-order valence-corrected chi connectivity index (χ4v) is 2.57. The maximum absolute atomic E-state index is 11.9. The second-order valence-corrected chi connectivity index (χ2v) is 5.15. The number of aromatic nitrogens is 2. The second kappa shape index (κ2) is 6.92. The predicted molar refractivity (Wildman–Crippen MR) is 88.3 cm³/mol. The highest BCUT2D eigenvalue weighted by Gasteiger charge is 2.19. The van der Waals surface area contributed by atoms with Crippen LogP contribution >= 0.6 is 0 Å². The van der Waals surface area contributed by atoms with Gasteiger partial charge in [-0.2, -0.15) is 5.10 Å². The quantitative estimate of drug-likeness (QED) is 0.675. The number of benzene rings is 2. The zero-order valence-corrected chi connectivity index (χ0v) is 12.9. The standard InChI is InChI=1S/C19H18N2O2/c1-2-23-19(22)17-13-20-21(14-17)18(15-9-5-3-6-10-15)16-11-7-4-8-12-16/h3-14,18H,2H2,1H3. The van der Waals surface area contributed by atoms with Gasteiger partial charge in [0.15, 0.2) is 0 Å². The van der Waals surface area contributed by atoms with Crippen molar-refractivity contribution < 1.29 is 9.53 Å². The molecule has 0 amide bonds. The first-order valence-corrected chi connectivity index (χ1v) is 7.60. The molecule has 0 saturated carbocycles. The molecule has 0 spiro atoms. The minimum absolute atomic E-state index is 0.0828. The first kappa shape index (κ1) is 15.0. The van der Waals surface area contributed by atoms with Crippen LogP contribution in [-0.2, 0) is 4.74 Å². The van der Waals surface area contributed by atoms with Crippen LogP contribution in [0.1, 0.15) is 34.5 Å². The number of carbonyl (C=O) groups excluding carboxylic acids is 1. The van der Waals surface area contributed by atoms with E-state index in [9.17, 15) is 4.79 Å². The molecule has 4 heteroatoms.